The van der Waals surface area contributed by atoms with Gasteiger partial charge < -0.3 is 15.0 Å². The molecule has 0 amide bonds. The molecule has 0 saturated carbocycles. The third-order valence-corrected chi connectivity index (χ3v) is 6.29. The van der Waals surface area contributed by atoms with Crippen LogP contribution in [0, 0.1) is 0 Å². The number of halogens is 3. The molecule has 2 aromatic carbocycles. The van der Waals surface area contributed by atoms with Gasteiger partial charge in [0.2, 0.25) is 6.10 Å². The topological polar surface area (TPSA) is 81.0 Å². The number of benzene rings is 2. The molecule has 5 aromatic rings. The van der Waals surface area contributed by atoms with E-state index in [0.717, 1.165) is 21.5 Å². The molecule has 3 heterocycles. The van der Waals surface area contributed by atoms with Gasteiger partial charge in [0.25, 0.3) is 0 Å². The van der Waals surface area contributed by atoms with Gasteiger partial charge in [-0.25, -0.2) is 15.0 Å². The van der Waals surface area contributed by atoms with Crippen LogP contribution < -0.4 is 10.1 Å². The highest BCUT2D eigenvalue weighted by atomic mass is 32.1. The number of thiazole rings is 1. The number of rotatable bonds is 7. The summed E-state index contributed by atoms with van der Waals surface area (Å²) in [6, 6.07) is 8.98. The number of nitrogens with zero attached hydrogens (tertiary/aromatic N) is 6. The molecule has 1 N–H and O–H groups in total. The Balaban J connectivity index is 0.00000106. The lowest BCUT2D eigenvalue weighted by atomic mass is 10.1. The number of ether oxygens (including phenoxy) is 1. The number of hydrogen-bond acceptors (Lipinski definition) is 8. The third-order valence-electron chi connectivity index (χ3n) is 5.50. The van der Waals surface area contributed by atoms with Gasteiger partial charge in [-0.2, -0.15) is 18.3 Å². The fourth-order valence-electron chi connectivity index (χ4n) is 3.84. The molecule has 1 unspecified atom stereocenters. The first kappa shape index (κ1) is 30.8. The van der Waals surface area contributed by atoms with E-state index in [-0.39, 0.29) is 12.3 Å². The minimum atomic E-state index is -4.58. The zero-order valence-corrected chi connectivity index (χ0v) is 24.4. The highest BCUT2D eigenvalue weighted by Crippen LogP contribution is 2.38. The van der Waals surface area contributed by atoms with Gasteiger partial charge in [0.15, 0.2) is 0 Å². The quantitative estimate of drug-likeness (QED) is 0.219. The summed E-state index contributed by atoms with van der Waals surface area (Å²) in [7, 11) is 4.90. The molecular formula is C28H34F3N7OS. The van der Waals surface area contributed by atoms with E-state index in [1.807, 2.05) is 45.9 Å². The zero-order valence-electron chi connectivity index (χ0n) is 23.6. The molecule has 3 aromatic heterocycles. The van der Waals surface area contributed by atoms with Crippen LogP contribution in [-0.2, 0) is 7.05 Å². The maximum absolute atomic E-state index is 13.9. The molecule has 0 fully saturated rings. The molecule has 0 spiro atoms. The van der Waals surface area contributed by atoms with Gasteiger partial charge in [-0.3, -0.25) is 4.68 Å². The Bertz CT molecular complexity index is 1530. The third kappa shape index (κ3) is 7.24. The van der Waals surface area contributed by atoms with Crippen molar-refractivity contribution in [3.63, 3.8) is 0 Å². The molecular weight excluding hydrogens is 539 g/mol. The van der Waals surface area contributed by atoms with Gasteiger partial charge in [-0.1, -0.05) is 27.7 Å². The molecule has 8 nitrogen and oxygen atoms in total. The smallest absolute Gasteiger partial charge is 0.426 e. The largest absolute Gasteiger partial charge is 0.479 e. The Morgan fingerprint density at radius 1 is 1.00 bits per heavy atom. The van der Waals surface area contributed by atoms with Crippen molar-refractivity contribution in [2.24, 2.45) is 7.05 Å². The molecule has 5 rings (SSSR count). The molecule has 214 valence electrons. The summed E-state index contributed by atoms with van der Waals surface area (Å²) >= 11 is 1.49. The lowest BCUT2D eigenvalue weighted by Crippen LogP contribution is -2.42. The van der Waals surface area contributed by atoms with Crippen LogP contribution in [0.3, 0.4) is 0 Å². The number of likely N-dealkylation sites (N-methyl/N-ethyl adjacent to an activating group) is 1. The Morgan fingerprint density at radius 2 is 1.75 bits per heavy atom. The number of nitrogens with one attached hydrogen (secondary N) is 1. The fourth-order valence-corrected chi connectivity index (χ4v) is 4.56. The van der Waals surface area contributed by atoms with Gasteiger partial charge in [-0.05, 0) is 50.0 Å². The molecule has 0 aliphatic heterocycles. The van der Waals surface area contributed by atoms with Gasteiger partial charge in [0.05, 0.1) is 32.8 Å². The van der Waals surface area contributed by atoms with Crippen molar-refractivity contribution in [3.05, 3.63) is 54.6 Å². The SMILES string of the molecule is CC.CC.CN(C)CC(Oc1cc(-c2cnn(C)c2)cc2ncnc(Nc3ccc4ncsc4c3)c12)C(F)(F)F. The summed E-state index contributed by atoms with van der Waals surface area (Å²) in [5.74, 6) is 0.361. The van der Waals surface area contributed by atoms with E-state index in [2.05, 4.69) is 25.4 Å². The number of alkyl halides is 3. The summed E-state index contributed by atoms with van der Waals surface area (Å²) in [5.41, 5.74) is 5.13. The van der Waals surface area contributed by atoms with Crippen LogP contribution in [0.4, 0.5) is 24.7 Å². The van der Waals surface area contributed by atoms with Crippen molar-refractivity contribution in [3.8, 4) is 16.9 Å². The van der Waals surface area contributed by atoms with Crippen LogP contribution >= 0.6 is 11.3 Å². The van der Waals surface area contributed by atoms with Crippen LogP contribution in [0.25, 0.3) is 32.2 Å². The Kier molecular flexibility index (Phi) is 10.4. The van der Waals surface area contributed by atoms with Crippen LogP contribution in [0.5, 0.6) is 5.75 Å². The second kappa shape index (κ2) is 13.5. The number of fused-ring (bicyclic) bond motifs is 2. The van der Waals surface area contributed by atoms with Gasteiger partial charge in [0.1, 0.15) is 17.9 Å². The molecule has 0 aliphatic rings. The van der Waals surface area contributed by atoms with Crippen molar-refractivity contribution in [1.29, 1.82) is 0 Å². The second-order valence-corrected chi connectivity index (χ2v) is 9.45. The van der Waals surface area contributed by atoms with E-state index in [0.29, 0.717) is 22.3 Å². The van der Waals surface area contributed by atoms with E-state index in [1.165, 1.54) is 22.6 Å². The molecule has 12 heteroatoms. The van der Waals surface area contributed by atoms with Crippen molar-refractivity contribution >= 4 is 44.0 Å². The lowest BCUT2D eigenvalue weighted by molar-refractivity contribution is -0.197. The van der Waals surface area contributed by atoms with Crippen LogP contribution in [-0.4, -0.2) is 62.6 Å². The van der Waals surface area contributed by atoms with Crippen LogP contribution in [0.1, 0.15) is 27.7 Å². The predicted octanol–water partition coefficient (Wildman–Crippen LogP) is 7.31. The summed E-state index contributed by atoms with van der Waals surface area (Å²) in [5, 5.41) is 7.75. The molecule has 0 saturated heterocycles. The van der Waals surface area contributed by atoms with Crippen molar-refractivity contribution in [2.45, 2.75) is 40.0 Å². The summed E-state index contributed by atoms with van der Waals surface area (Å²) in [6.07, 6.45) is -1.86. The molecule has 0 radical (unpaired) electrons. The first-order valence-corrected chi connectivity index (χ1v) is 13.8. The Labute approximate surface area is 235 Å². The average Bonchev–Trinajstić information content (AvgIpc) is 3.58. The van der Waals surface area contributed by atoms with E-state index in [9.17, 15) is 13.2 Å². The van der Waals surface area contributed by atoms with E-state index in [1.54, 1.807) is 55.9 Å². The van der Waals surface area contributed by atoms with Crippen LogP contribution in [0.2, 0.25) is 0 Å². The average molecular weight is 574 g/mol. The summed E-state index contributed by atoms with van der Waals surface area (Å²) in [4.78, 5) is 14.4. The first-order chi connectivity index (χ1) is 19.2. The number of anilines is 2. The Hall–Kier alpha value is -3.77. The second-order valence-electron chi connectivity index (χ2n) is 8.56. The standard InChI is InChI=1S/C24H22F3N7OS.2C2H6/c1-33(2)11-21(24(25,26)27)35-19-7-14(15-9-31-34(3)10-15)6-18-22(19)23(29-12-28-18)32-16-4-5-17-20(8-16)36-13-30-17;2*1-2/h4-10,12-13,21H,11H2,1-3H3,(H,28,29,32);2*1-2H3. The summed E-state index contributed by atoms with van der Waals surface area (Å²) in [6.45, 7) is 7.65. The minimum absolute atomic E-state index is 0.0255. The predicted molar refractivity (Wildman–Crippen MR) is 156 cm³/mol. The fraction of sp³-hybridized carbons (Fsp3) is 0.357. The molecule has 1 atom stereocenters. The maximum Gasteiger partial charge on any atom is 0.426 e. The number of aryl methyl sites for hydroxylation is 1. The monoisotopic (exact) mass is 573 g/mol. The van der Waals surface area contributed by atoms with Gasteiger partial charge in [0, 0.05) is 31.0 Å². The highest BCUT2D eigenvalue weighted by molar-refractivity contribution is 7.16. The Morgan fingerprint density at radius 3 is 2.40 bits per heavy atom. The van der Waals surface area contributed by atoms with E-state index < -0.39 is 12.3 Å². The zero-order chi connectivity index (χ0) is 29.4. The first-order valence-electron chi connectivity index (χ1n) is 12.9. The van der Waals surface area contributed by atoms with E-state index in [4.69, 9.17) is 4.74 Å². The maximum atomic E-state index is 13.9. The molecule has 0 bridgehead atoms. The summed E-state index contributed by atoms with van der Waals surface area (Å²) < 4.78 is 50.1. The normalized spacial score (nSPS) is 12.0. The molecule has 40 heavy (non-hydrogen) atoms. The molecule has 0 aliphatic carbocycles. The minimum Gasteiger partial charge on any atom is -0.479 e. The lowest BCUT2D eigenvalue weighted by Gasteiger charge is -2.26. The van der Waals surface area contributed by atoms with Crippen molar-refractivity contribution in [2.75, 3.05) is 26.0 Å². The highest BCUT2D eigenvalue weighted by Gasteiger charge is 2.42. The van der Waals surface area contributed by atoms with Gasteiger partial charge >= 0.3 is 6.18 Å². The number of aromatic nitrogens is 5. The van der Waals surface area contributed by atoms with Crippen molar-refractivity contribution in [1.82, 2.24) is 29.6 Å². The van der Waals surface area contributed by atoms with E-state index >= 15 is 0 Å². The van der Waals surface area contributed by atoms with Crippen molar-refractivity contribution < 1.29 is 17.9 Å². The number of hydrogen-bond donors (Lipinski definition) is 1. The van der Waals surface area contributed by atoms with Gasteiger partial charge in [-0.15, -0.1) is 11.3 Å². The van der Waals surface area contributed by atoms with Crippen LogP contribution in [0.15, 0.2) is 54.6 Å².